The predicted molar refractivity (Wildman–Crippen MR) is 59.4 cm³/mol. The largest absolute Gasteiger partial charge is 0.396 e. The third-order valence-electron chi connectivity index (χ3n) is 2.08. The van der Waals surface area contributed by atoms with Gasteiger partial charge < -0.3 is 11.1 Å². The van der Waals surface area contributed by atoms with Crippen LogP contribution >= 0.6 is 0 Å². The van der Waals surface area contributed by atoms with Crippen molar-refractivity contribution in [3.05, 3.63) is 11.9 Å². The van der Waals surface area contributed by atoms with Gasteiger partial charge in [0.05, 0.1) is 5.69 Å². The molecule has 0 aliphatic carbocycles. The van der Waals surface area contributed by atoms with Crippen molar-refractivity contribution in [2.24, 2.45) is 13.0 Å². The lowest BCUT2D eigenvalue weighted by atomic mass is 10.1. The van der Waals surface area contributed by atoms with Crippen LogP contribution in [0.25, 0.3) is 0 Å². The second-order valence-corrected chi connectivity index (χ2v) is 4.05. The first-order chi connectivity index (χ1) is 7.00. The number of rotatable bonds is 4. The lowest BCUT2D eigenvalue weighted by molar-refractivity contribution is 0.0947. The molecule has 3 N–H and O–H groups in total. The molecular weight excluding hydrogens is 192 g/mol. The van der Waals surface area contributed by atoms with E-state index in [2.05, 4.69) is 24.3 Å². The highest BCUT2D eigenvalue weighted by molar-refractivity contribution is 5.96. The summed E-state index contributed by atoms with van der Waals surface area (Å²) in [6.07, 6.45) is 2.58. The predicted octanol–water partition coefficient (Wildman–Crippen LogP) is 0.778. The maximum Gasteiger partial charge on any atom is 0.273 e. The van der Waals surface area contributed by atoms with E-state index >= 15 is 0 Å². The molecule has 0 fully saturated rings. The average Bonchev–Trinajstić information content (AvgIpc) is 2.44. The summed E-state index contributed by atoms with van der Waals surface area (Å²) in [4.78, 5) is 11.6. The number of hydrogen-bond donors (Lipinski definition) is 2. The van der Waals surface area contributed by atoms with Crippen molar-refractivity contribution in [2.75, 3.05) is 12.3 Å². The number of aryl methyl sites for hydroxylation is 1. The minimum absolute atomic E-state index is 0.200. The molecule has 84 valence electrons. The van der Waals surface area contributed by atoms with Crippen molar-refractivity contribution in [1.82, 2.24) is 15.1 Å². The van der Waals surface area contributed by atoms with Crippen molar-refractivity contribution in [3.8, 4) is 0 Å². The van der Waals surface area contributed by atoms with Crippen LogP contribution in [0.5, 0.6) is 0 Å². The fourth-order valence-corrected chi connectivity index (χ4v) is 1.24. The molecule has 1 aromatic rings. The second kappa shape index (κ2) is 4.82. The summed E-state index contributed by atoms with van der Waals surface area (Å²) < 4.78 is 1.53. The highest BCUT2D eigenvalue weighted by Gasteiger charge is 2.13. The third kappa shape index (κ3) is 3.27. The Morgan fingerprint density at radius 1 is 1.67 bits per heavy atom. The number of amides is 1. The van der Waals surface area contributed by atoms with Gasteiger partial charge in [-0.3, -0.25) is 9.48 Å². The molecule has 0 radical (unpaired) electrons. The smallest absolute Gasteiger partial charge is 0.273 e. The van der Waals surface area contributed by atoms with Crippen LogP contribution in [0.2, 0.25) is 0 Å². The second-order valence-electron chi connectivity index (χ2n) is 4.05. The van der Waals surface area contributed by atoms with Crippen molar-refractivity contribution in [1.29, 1.82) is 0 Å². The van der Waals surface area contributed by atoms with E-state index in [1.165, 1.54) is 4.68 Å². The summed E-state index contributed by atoms with van der Waals surface area (Å²) in [6.45, 7) is 4.88. The SMILES string of the molecule is CC(C)CCNC(=O)c1nn(C)cc1N. The topological polar surface area (TPSA) is 72.9 Å². The molecule has 0 saturated carbocycles. The Morgan fingerprint density at radius 2 is 2.33 bits per heavy atom. The summed E-state index contributed by atoms with van der Waals surface area (Å²) in [5.41, 5.74) is 6.35. The quantitative estimate of drug-likeness (QED) is 0.771. The lowest BCUT2D eigenvalue weighted by Gasteiger charge is -2.05. The van der Waals surface area contributed by atoms with E-state index in [1.807, 2.05) is 0 Å². The van der Waals surface area contributed by atoms with Crippen LogP contribution in [0.3, 0.4) is 0 Å². The number of nitrogen functional groups attached to an aromatic ring is 1. The van der Waals surface area contributed by atoms with Crippen molar-refractivity contribution in [3.63, 3.8) is 0 Å². The normalized spacial score (nSPS) is 10.7. The van der Waals surface area contributed by atoms with Crippen LogP contribution in [-0.2, 0) is 7.05 Å². The lowest BCUT2D eigenvalue weighted by Crippen LogP contribution is -2.26. The van der Waals surface area contributed by atoms with Gasteiger partial charge in [-0.25, -0.2) is 0 Å². The molecule has 0 saturated heterocycles. The van der Waals surface area contributed by atoms with Gasteiger partial charge in [0.2, 0.25) is 0 Å². The number of nitrogens with zero attached hydrogens (tertiary/aromatic N) is 2. The van der Waals surface area contributed by atoms with Crippen LogP contribution in [-0.4, -0.2) is 22.2 Å². The van der Waals surface area contributed by atoms with Gasteiger partial charge in [-0.05, 0) is 12.3 Å². The maximum atomic E-state index is 11.6. The summed E-state index contributed by atoms with van der Waals surface area (Å²) in [7, 11) is 1.74. The van der Waals surface area contributed by atoms with Crippen molar-refractivity contribution < 1.29 is 4.79 Å². The summed E-state index contributed by atoms with van der Waals surface area (Å²) >= 11 is 0. The fourth-order valence-electron chi connectivity index (χ4n) is 1.24. The number of carbonyl (C=O) groups is 1. The standard InChI is InChI=1S/C10H18N4O/c1-7(2)4-5-12-10(15)9-8(11)6-14(3)13-9/h6-7H,4-5,11H2,1-3H3,(H,12,15). The molecule has 0 aliphatic rings. The zero-order chi connectivity index (χ0) is 11.4. The molecule has 1 heterocycles. The maximum absolute atomic E-state index is 11.6. The first-order valence-electron chi connectivity index (χ1n) is 5.08. The van der Waals surface area contributed by atoms with Gasteiger partial charge in [0, 0.05) is 19.8 Å². The Kier molecular flexibility index (Phi) is 3.71. The molecule has 0 atom stereocenters. The van der Waals surface area contributed by atoms with Crippen LogP contribution in [0.15, 0.2) is 6.20 Å². The number of hydrogen-bond acceptors (Lipinski definition) is 3. The molecule has 0 spiro atoms. The molecule has 0 aromatic carbocycles. The average molecular weight is 210 g/mol. The first-order valence-corrected chi connectivity index (χ1v) is 5.08. The van der Waals surface area contributed by atoms with E-state index in [4.69, 9.17) is 5.73 Å². The highest BCUT2D eigenvalue weighted by Crippen LogP contribution is 2.07. The van der Waals surface area contributed by atoms with E-state index in [0.29, 0.717) is 23.8 Å². The van der Waals surface area contributed by atoms with Crippen molar-refractivity contribution in [2.45, 2.75) is 20.3 Å². The molecule has 15 heavy (non-hydrogen) atoms. The Labute approximate surface area is 89.6 Å². The third-order valence-corrected chi connectivity index (χ3v) is 2.08. The molecule has 5 nitrogen and oxygen atoms in total. The van der Waals surface area contributed by atoms with Crippen LogP contribution in [0, 0.1) is 5.92 Å². The molecule has 0 unspecified atom stereocenters. The van der Waals surface area contributed by atoms with Gasteiger partial charge in [0.15, 0.2) is 5.69 Å². The van der Waals surface area contributed by atoms with Gasteiger partial charge >= 0.3 is 0 Å². The molecule has 5 heteroatoms. The van der Waals surface area contributed by atoms with E-state index in [1.54, 1.807) is 13.2 Å². The van der Waals surface area contributed by atoms with Crippen LogP contribution in [0.4, 0.5) is 5.69 Å². The Morgan fingerprint density at radius 3 is 2.80 bits per heavy atom. The van der Waals surface area contributed by atoms with Gasteiger partial charge in [0.25, 0.3) is 5.91 Å². The number of nitrogens with one attached hydrogen (secondary N) is 1. The number of carbonyl (C=O) groups excluding carboxylic acids is 1. The van der Waals surface area contributed by atoms with Gasteiger partial charge in [-0.15, -0.1) is 0 Å². The summed E-state index contributed by atoms with van der Waals surface area (Å²) in [5, 5.41) is 6.78. The van der Waals surface area contributed by atoms with Crippen molar-refractivity contribution >= 4 is 11.6 Å². The summed E-state index contributed by atoms with van der Waals surface area (Å²) in [6, 6.07) is 0. The summed E-state index contributed by atoms with van der Waals surface area (Å²) in [5.74, 6) is 0.375. The van der Waals surface area contributed by atoms with Gasteiger partial charge in [-0.1, -0.05) is 13.8 Å². The minimum Gasteiger partial charge on any atom is -0.396 e. The molecule has 1 rings (SSSR count). The van der Waals surface area contributed by atoms with E-state index in [-0.39, 0.29) is 5.91 Å². The molecule has 1 aromatic heterocycles. The van der Waals surface area contributed by atoms with Gasteiger partial charge in [0.1, 0.15) is 0 Å². The Hall–Kier alpha value is -1.52. The Bertz CT molecular complexity index is 343. The monoisotopic (exact) mass is 210 g/mol. The molecule has 1 amide bonds. The number of nitrogens with two attached hydrogens (primary N) is 1. The zero-order valence-corrected chi connectivity index (χ0v) is 9.45. The van der Waals surface area contributed by atoms with E-state index in [0.717, 1.165) is 6.42 Å². The minimum atomic E-state index is -0.200. The fraction of sp³-hybridized carbons (Fsp3) is 0.600. The molecule has 0 bridgehead atoms. The van der Waals surface area contributed by atoms with Crippen LogP contribution in [0.1, 0.15) is 30.8 Å². The number of aromatic nitrogens is 2. The van der Waals surface area contributed by atoms with Gasteiger partial charge in [-0.2, -0.15) is 5.10 Å². The first kappa shape index (κ1) is 11.6. The molecular formula is C10H18N4O. The van der Waals surface area contributed by atoms with E-state index in [9.17, 15) is 4.79 Å². The molecule has 0 aliphatic heterocycles. The van der Waals surface area contributed by atoms with Crippen LogP contribution < -0.4 is 11.1 Å². The Balaban J connectivity index is 2.50. The van der Waals surface area contributed by atoms with E-state index < -0.39 is 0 Å². The number of anilines is 1. The highest BCUT2D eigenvalue weighted by atomic mass is 16.1. The zero-order valence-electron chi connectivity index (χ0n) is 9.45.